The van der Waals surface area contributed by atoms with Crippen LogP contribution in [0, 0.1) is 0 Å². The second-order valence-electron chi connectivity index (χ2n) is 7.00. The summed E-state index contributed by atoms with van der Waals surface area (Å²) >= 11 is 0. The molecule has 2 rings (SSSR count). The predicted octanol–water partition coefficient (Wildman–Crippen LogP) is 1.89. The van der Waals surface area contributed by atoms with Crippen LogP contribution in [0.1, 0.15) is 59.0 Å². The molecule has 0 bridgehead atoms. The van der Waals surface area contributed by atoms with Gasteiger partial charge in [-0.2, -0.15) is 4.98 Å². The van der Waals surface area contributed by atoms with Gasteiger partial charge in [0.2, 0.25) is 5.89 Å². The number of hydrogen-bond donors (Lipinski definition) is 1. The highest BCUT2D eigenvalue weighted by atomic mass is 16.5. The Kier molecular flexibility index (Phi) is 3.31. The predicted molar refractivity (Wildman–Crippen MR) is 75.2 cm³/mol. The summed E-state index contributed by atoms with van der Waals surface area (Å²) in [6, 6.07) is 0. The van der Waals surface area contributed by atoms with E-state index in [1.165, 1.54) is 0 Å². The fourth-order valence-corrected chi connectivity index (χ4v) is 1.97. The van der Waals surface area contributed by atoms with E-state index in [2.05, 4.69) is 41.2 Å². The van der Waals surface area contributed by atoms with Crippen LogP contribution < -0.4 is 5.73 Å². The second kappa shape index (κ2) is 4.57. The number of rotatable bonds is 2. The van der Waals surface area contributed by atoms with Gasteiger partial charge in [0.1, 0.15) is 6.54 Å². The van der Waals surface area contributed by atoms with Crippen molar-refractivity contribution in [3.8, 4) is 0 Å². The van der Waals surface area contributed by atoms with Gasteiger partial charge < -0.3 is 10.3 Å². The summed E-state index contributed by atoms with van der Waals surface area (Å²) in [5, 5.41) is 12.0. The minimum absolute atomic E-state index is 0.149. The second-order valence-corrected chi connectivity index (χ2v) is 7.00. The van der Waals surface area contributed by atoms with Crippen molar-refractivity contribution in [3.05, 3.63) is 17.4 Å². The zero-order valence-corrected chi connectivity index (χ0v) is 12.9. The summed E-state index contributed by atoms with van der Waals surface area (Å²) in [4.78, 5) is 4.40. The summed E-state index contributed by atoms with van der Waals surface area (Å²) in [6.07, 6.45) is 0. The molecule has 0 radical (unpaired) electrons. The highest BCUT2D eigenvalue weighted by Crippen LogP contribution is 2.26. The first-order valence-corrected chi connectivity index (χ1v) is 6.61. The highest BCUT2D eigenvalue weighted by Gasteiger charge is 2.26. The topological polar surface area (TPSA) is 95.7 Å². The molecule has 7 nitrogen and oxygen atoms in total. The van der Waals surface area contributed by atoms with E-state index < -0.39 is 0 Å². The van der Waals surface area contributed by atoms with Gasteiger partial charge in [-0.05, 0) is 0 Å². The maximum atomic E-state index is 5.90. The van der Waals surface area contributed by atoms with Crippen molar-refractivity contribution in [3.63, 3.8) is 0 Å². The fraction of sp³-hybridized carbons (Fsp3) is 0.692. The molecule has 2 aromatic rings. The molecule has 2 N–H and O–H groups in total. The standard InChI is InChI=1S/C13H22N6O/c1-12(2,3)9-10(14)16-18-19(9)7-8-15-11(20-17-8)13(4,5)6/h7,14H2,1-6H3. The van der Waals surface area contributed by atoms with Crippen LogP contribution in [0.3, 0.4) is 0 Å². The van der Waals surface area contributed by atoms with E-state index in [4.69, 9.17) is 10.3 Å². The normalized spacial score (nSPS) is 12.9. The lowest BCUT2D eigenvalue weighted by atomic mass is 9.92. The van der Waals surface area contributed by atoms with Crippen molar-refractivity contribution in [2.75, 3.05) is 5.73 Å². The zero-order valence-electron chi connectivity index (χ0n) is 12.9. The third-order valence-corrected chi connectivity index (χ3v) is 2.87. The average molecular weight is 278 g/mol. The molecule has 0 saturated carbocycles. The van der Waals surface area contributed by atoms with Gasteiger partial charge in [-0.25, -0.2) is 4.68 Å². The molecule has 0 fully saturated rings. The quantitative estimate of drug-likeness (QED) is 0.901. The van der Waals surface area contributed by atoms with Crippen LogP contribution in [0.4, 0.5) is 5.82 Å². The first kappa shape index (κ1) is 14.5. The molecule has 0 aliphatic rings. The Morgan fingerprint density at radius 2 is 1.75 bits per heavy atom. The largest absolute Gasteiger partial charge is 0.381 e. The third kappa shape index (κ3) is 2.81. The minimum Gasteiger partial charge on any atom is -0.381 e. The Morgan fingerprint density at radius 3 is 2.25 bits per heavy atom. The van der Waals surface area contributed by atoms with Crippen LogP contribution in [0.5, 0.6) is 0 Å². The molecule has 2 heterocycles. The third-order valence-electron chi connectivity index (χ3n) is 2.87. The van der Waals surface area contributed by atoms with Gasteiger partial charge in [0.15, 0.2) is 11.6 Å². The number of aromatic nitrogens is 5. The molecular formula is C13H22N6O. The number of nitrogens with two attached hydrogens (primary N) is 1. The van der Waals surface area contributed by atoms with E-state index >= 15 is 0 Å². The molecule has 0 atom stereocenters. The van der Waals surface area contributed by atoms with Crippen LogP contribution in [0.2, 0.25) is 0 Å². The molecule has 0 unspecified atom stereocenters. The molecule has 0 aliphatic carbocycles. The van der Waals surface area contributed by atoms with Crippen molar-refractivity contribution in [2.24, 2.45) is 0 Å². The van der Waals surface area contributed by atoms with Crippen LogP contribution in [0.15, 0.2) is 4.52 Å². The monoisotopic (exact) mass is 278 g/mol. The van der Waals surface area contributed by atoms with Gasteiger partial charge in [-0.15, -0.1) is 5.10 Å². The lowest BCUT2D eigenvalue weighted by molar-refractivity contribution is 0.317. The Morgan fingerprint density at radius 1 is 1.10 bits per heavy atom. The summed E-state index contributed by atoms with van der Waals surface area (Å²) in [5.41, 5.74) is 6.46. The first-order valence-electron chi connectivity index (χ1n) is 6.61. The Bertz CT molecular complexity index is 599. The summed E-state index contributed by atoms with van der Waals surface area (Å²) < 4.78 is 7.01. The maximum Gasteiger partial charge on any atom is 0.232 e. The van der Waals surface area contributed by atoms with Crippen molar-refractivity contribution >= 4 is 5.82 Å². The van der Waals surface area contributed by atoms with E-state index in [0.717, 1.165) is 5.69 Å². The highest BCUT2D eigenvalue weighted by molar-refractivity contribution is 5.38. The van der Waals surface area contributed by atoms with E-state index in [-0.39, 0.29) is 10.8 Å². The fourth-order valence-electron chi connectivity index (χ4n) is 1.97. The number of nitrogens with zero attached hydrogens (tertiary/aromatic N) is 5. The van der Waals surface area contributed by atoms with Gasteiger partial charge in [0.25, 0.3) is 0 Å². The summed E-state index contributed by atoms with van der Waals surface area (Å²) in [5.74, 6) is 1.63. The van der Waals surface area contributed by atoms with E-state index in [9.17, 15) is 0 Å². The zero-order chi connectivity index (χ0) is 15.1. The Hall–Kier alpha value is -1.92. The molecule has 0 saturated heterocycles. The molecular weight excluding hydrogens is 256 g/mol. The average Bonchev–Trinajstić information content (AvgIpc) is 2.84. The SMILES string of the molecule is CC(C)(C)c1nc(Cn2nnc(N)c2C(C)(C)C)no1. The van der Waals surface area contributed by atoms with E-state index in [0.29, 0.717) is 24.1 Å². The number of nitrogen functional groups attached to an aromatic ring is 1. The van der Waals surface area contributed by atoms with Gasteiger partial charge in [-0.3, -0.25) is 0 Å². The number of anilines is 1. The van der Waals surface area contributed by atoms with Gasteiger partial charge in [0, 0.05) is 10.8 Å². The summed E-state index contributed by atoms with van der Waals surface area (Å²) in [7, 11) is 0. The van der Waals surface area contributed by atoms with Gasteiger partial charge in [0.05, 0.1) is 5.69 Å². The van der Waals surface area contributed by atoms with Crippen molar-refractivity contribution in [1.29, 1.82) is 0 Å². The van der Waals surface area contributed by atoms with Gasteiger partial charge in [-0.1, -0.05) is 51.9 Å². The van der Waals surface area contributed by atoms with Crippen LogP contribution in [0.25, 0.3) is 0 Å². The van der Waals surface area contributed by atoms with E-state index in [1.54, 1.807) is 4.68 Å². The van der Waals surface area contributed by atoms with Crippen molar-refractivity contribution in [1.82, 2.24) is 25.1 Å². The Labute approximate surface area is 118 Å². The Balaban J connectivity index is 2.30. The van der Waals surface area contributed by atoms with E-state index in [1.807, 2.05) is 20.8 Å². The lowest BCUT2D eigenvalue weighted by Crippen LogP contribution is -2.21. The molecule has 20 heavy (non-hydrogen) atoms. The molecule has 110 valence electrons. The molecule has 2 aromatic heterocycles. The molecule has 7 heteroatoms. The molecule has 0 spiro atoms. The van der Waals surface area contributed by atoms with Crippen molar-refractivity contribution in [2.45, 2.75) is 58.9 Å². The molecule has 0 amide bonds. The van der Waals surface area contributed by atoms with Crippen LogP contribution in [-0.2, 0) is 17.4 Å². The maximum absolute atomic E-state index is 5.90. The lowest BCUT2D eigenvalue weighted by Gasteiger charge is -2.19. The summed E-state index contributed by atoms with van der Waals surface area (Å²) in [6.45, 7) is 12.7. The van der Waals surface area contributed by atoms with Crippen molar-refractivity contribution < 1.29 is 4.52 Å². The van der Waals surface area contributed by atoms with Crippen LogP contribution >= 0.6 is 0 Å². The van der Waals surface area contributed by atoms with Gasteiger partial charge >= 0.3 is 0 Å². The smallest absolute Gasteiger partial charge is 0.232 e. The minimum atomic E-state index is -0.167. The first-order chi connectivity index (χ1) is 9.09. The molecule has 0 aromatic carbocycles. The molecule has 0 aliphatic heterocycles. The number of hydrogen-bond acceptors (Lipinski definition) is 6. The van der Waals surface area contributed by atoms with Crippen LogP contribution in [-0.4, -0.2) is 25.1 Å².